The number of nitrogens with one attached hydrogen (secondary N) is 1. The van der Waals surface area contributed by atoms with Gasteiger partial charge in [-0.2, -0.15) is 14.9 Å². The Morgan fingerprint density at radius 2 is 1.78 bits per heavy atom. The van der Waals surface area contributed by atoms with Crippen LogP contribution in [0, 0.1) is 6.92 Å². The lowest BCUT2D eigenvalue weighted by molar-refractivity contribution is 0.102. The van der Waals surface area contributed by atoms with Crippen LogP contribution >= 0.6 is 23.2 Å². The third-order valence-corrected chi connectivity index (χ3v) is 5.39. The molecule has 0 saturated heterocycles. The highest BCUT2D eigenvalue weighted by Crippen LogP contribution is 2.25. The molecule has 0 radical (unpaired) electrons. The number of benzene rings is 2. The summed E-state index contributed by atoms with van der Waals surface area (Å²) in [7, 11) is 0. The average Bonchev–Trinajstić information content (AvgIpc) is 3.38. The van der Waals surface area contributed by atoms with Gasteiger partial charge in [0.15, 0.2) is 11.5 Å². The number of hydrogen-bond acceptors (Lipinski definition) is 5. The lowest BCUT2D eigenvalue weighted by Crippen LogP contribution is -2.16. The zero-order valence-electron chi connectivity index (χ0n) is 16.7. The van der Waals surface area contributed by atoms with E-state index in [4.69, 9.17) is 23.2 Å². The van der Waals surface area contributed by atoms with E-state index in [1.165, 1.54) is 6.33 Å². The molecule has 8 nitrogen and oxygen atoms in total. The van der Waals surface area contributed by atoms with Gasteiger partial charge < -0.3 is 5.32 Å². The predicted molar refractivity (Wildman–Crippen MR) is 123 cm³/mol. The molecule has 0 fully saturated rings. The molecule has 0 aliphatic heterocycles. The normalized spacial score (nSPS) is 11.1. The molecule has 0 unspecified atom stereocenters. The Morgan fingerprint density at radius 1 is 1.00 bits per heavy atom. The van der Waals surface area contributed by atoms with Crippen LogP contribution in [0.2, 0.25) is 10.0 Å². The molecular formula is C22H15Cl2N7O. The van der Waals surface area contributed by atoms with Crippen LogP contribution in [0.3, 0.4) is 0 Å². The second kappa shape index (κ2) is 8.07. The summed E-state index contributed by atoms with van der Waals surface area (Å²) in [5.74, 6) is 0.586. The third kappa shape index (κ3) is 3.59. The Kier molecular flexibility index (Phi) is 5.08. The second-order valence-corrected chi connectivity index (χ2v) is 7.83. The van der Waals surface area contributed by atoms with E-state index in [2.05, 4.69) is 25.5 Å². The first-order chi connectivity index (χ1) is 15.5. The first kappa shape index (κ1) is 20.2. The van der Waals surface area contributed by atoms with Crippen molar-refractivity contribution >= 4 is 46.0 Å². The van der Waals surface area contributed by atoms with Gasteiger partial charge in [-0.3, -0.25) is 4.79 Å². The molecule has 0 bridgehead atoms. The first-order valence-electron chi connectivity index (χ1n) is 9.59. The monoisotopic (exact) mass is 463 g/mol. The van der Waals surface area contributed by atoms with E-state index in [9.17, 15) is 4.79 Å². The van der Waals surface area contributed by atoms with E-state index in [1.54, 1.807) is 58.0 Å². The Morgan fingerprint density at radius 3 is 2.56 bits per heavy atom. The fraction of sp³-hybridized carbons (Fsp3) is 0.0455. The molecule has 158 valence electrons. The van der Waals surface area contributed by atoms with Crippen molar-refractivity contribution in [3.05, 3.63) is 88.4 Å². The topological polar surface area (TPSA) is 90.5 Å². The Hall–Kier alpha value is -3.75. The van der Waals surface area contributed by atoms with Crippen molar-refractivity contribution in [2.45, 2.75) is 6.92 Å². The van der Waals surface area contributed by atoms with Crippen LogP contribution in [-0.4, -0.2) is 35.4 Å². The Labute approximate surface area is 192 Å². The molecule has 1 N–H and O–H groups in total. The summed E-state index contributed by atoms with van der Waals surface area (Å²) in [6.45, 7) is 1.83. The molecule has 5 rings (SSSR count). The number of carbonyl (C=O) groups excluding carboxylic acids is 1. The number of aryl methyl sites for hydroxylation is 1. The van der Waals surface area contributed by atoms with Crippen molar-refractivity contribution in [1.82, 2.24) is 29.5 Å². The van der Waals surface area contributed by atoms with Gasteiger partial charge in [0.25, 0.3) is 5.91 Å². The van der Waals surface area contributed by atoms with Crippen LogP contribution in [0.15, 0.2) is 67.1 Å². The maximum atomic E-state index is 12.8. The largest absolute Gasteiger partial charge is 0.306 e. The van der Waals surface area contributed by atoms with Gasteiger partial charge in [0.05, 0.1) is 33.6 Å². The molecule has 0 saturated carbocycles. The number of hydrogen-bond donors (Lipinski definition) is 1. The summed E-state index contributed by atoms with van der Waals surface area (Å²) in [6, 6.07) is 15.9. The molecule has 3 aromatic heterocycles. The van der Waals surface area contributed by atoms with E-state index in [1.807, 2.05) is 19.1 Å². The van der Waals surface area contributed by atoms with E-state index in [0.29, 0.717) is 44.0 Å². The van der Waals surface area contributed by atoms with Crippen LogP contribution in [0.4, 0.5) is 5.82 Å². The fourth-order valence-electron chi connectivity index (χ4n) is 3.35. The SMILES string of the molecule is Cc1cc(NC(=O)c2ccccc2Cl)n(-c2ncnc3c2cnn3-c2ccc(Cl)cc2)n1. The van der Waals surface area contributed by atoms with Crippen LogP contribution in [0.25, 0.3) is 22.5 Å². The van der Waals surface area contributed by atoms with Gasteiger partial charge in [0, 0.05) is 11.1 Å². The van der Waals surface area contributed by atoms with Gasteiger partial charge in [0.2, 0.25) is 0 Å². The fourth-order valence-corrected chi connectivity index (χ4v) is 3.70. The second-order valence-electron chi connectivity index (χ2n) is 6.98. The standard InChI is InChI=1S/C22H15Cl2N7O/c1-13-10-19(28-22(32)16-4-2-3-5-18(16)24)31(29-13)21-17-11-27-30(20(17)25-12-26-21)15-8-6-14(23)7-9-15/h2-12H,1H3,(H,28,32). The molecule has 0 spiro atoms. The van der Waals surface area contributed by atoms with Crippen molar-refractivity contribution < 1.29 is 4.79 Å². The van der Waals surface area contributed by atoms with Gasteiger partial charge >= 0.3 is 0 Å². The zero-order chi connectivity index (χ0) is 22.2. The van der Waals surface area contributed by atoms with Crippen molar-refractivity contribution in [3.8, 4) is 11.5 Å². The van der Waals surface area contributed by atoms with Crippen molar-refractivity contribution in [2.24, 2.45) is 0 Å². The summed E-state index contributed by atoms with van der Waals surface area (Å²) in [5.41, 5.74) is 2.46. The van der Waals surface area contributed by atoms with Gasteiger partial charge in [0.1, 0.15) is 12.1 Å². The number of rotatable bonds is 4. The van der Waals surface area contributed by atoms with Crippen LogP contribution in [0.1, 0.15) is 16.1 Å². The Bertz CT molecular complexity index is 1460. The van der Waals surface area contributed by atoms with Crippen LogP contribution in [0.5, 0.6) is 0 Å². The molecule has 32 heavy (non-hydrogen) atoms. The highest BCUT2D eigenvalue weighted by molar-refractivity contribution is 6.34. The molecule has 5 aromatic rings. The molecule has 2 aromatic carbocycles. The number of carbonyl (C=O) groups is 1. The molecule has 3 heterocycles. The van der Waals surface area contributed by atoms with E-state index >= 15 is 0 Å². The van der Waals surface area contributed by atoms with Crippen molar-refractivity contribution in [2.75, 3.05) is 5.32 Å². The van der Waals surface area contributed by atoms with Gasteiger partial charge in [-0.15, -0.1) is 0 Å². The summed E-state index contributed by atoms with van der Waals surface area (Å²) < 4.78 is 3.25. The highest BCUT2D eigenvalue weighted by Gasteiger charge is 2.19. The van der Waals surface area contributed by atoms with Gasteiger partial charge in [-0.25, -0.2) is 14.6 Å². The van der Waals surface area contributed by atoms with Gasteiger partial charge in [-0.05, 0) is 43.3 Å². The number of amides is 1. The third-order valence-electron chi connectivity index (χ3n) is 4.81. The molecule has 1 amide bonds. The number of fused-ring (bicyclic) bond motifs is 1. The molecule has 0 aliphatic rings. The van der Waals surface area contributed by atoms with Crippen LogP contribution < -0.4 is 5.32 Å². The summed E-state index contributed by atoms with van der Waals surface area (Å²) >= 11 is 12.2. The number of nitrogens with zero attached hydrogens (tertiary/aromatic N) is 6. The minimum absolute atomic E-state index is 0.348. The number of aromatic nitrogens is 6. The quantitative estimate of drug-likeness (QED) is 0.410. The van der Waals surface area contributed by atoms with E-state index in [-0.39, 0.29) is 5.91 Å². The zero-order valence-corrected chi connectivity index (χ0v) is 18.2. The first-order valence-corrected chi connectivity index (χ1v) is 10.3. The molecule has 0 aliphatic carbocycles. The van der Waals surface area contributed by atoms with Crippen molar-refractivity contribution in [1.29, 1.82) is 0 Å². The summed E-state index contributed by atoms with van der Waals surface area (Å²) in [6.07, 6.45) is 3.10. The molecule has 0 atom stereocenters. The number of anilines is 1. The summed E-state index contributed by atoms with van der Waals surface area (Å²) in [5, 5.41) is 13.5. The minimum atomic E-state index is -0.348. The smallest absolute Gasteiger partial charge is 0.258 e. The summed E-state index contributed by atoms with van der Waals surface area (Å²) in [4.78, 5) is 21.6. The minimum Gasteiger partial charge on any atom is -0.306 e. The highest BCUT2D eigenvalue weighted by atomic mass is 35.5. The van der Waals surface area contributed by atoms with Crippen LogP contribution in [-0.2, 0) is 0 Å². The molecular weight excluding hydrogens is 449 g/mol. The van der Waals surface area contributed by atoms with E-state index in [0.717, 1.165) is 5.69 Å². The molecule has 10 heteroatoms. The predicted octanol–water partition coefficient (Wildman–Crippen LogP) is 4.87. The Balaban J connectivity index is 1.57. The number of halogens is 2. The maximum absolute atomic E-state index is 12.8. The maximum Gasteiger partial charge on any atom is 0.258 e. The lowest BCUT2D eigenvalue weighted by atomic mass is 10.2. The van der Waals surface area contributed by atoms with Gasteiger partial charge in [-0.1, -0.05) is 35.3 Å². The van der Waals surface area contributed by atoms with E-state index < -0.39 is 0 Å². The lowest BCUT2D eigenvalue weighted by Gasteiger charge is -2.10. The average molecular weight is 464 g/mol. The van der Waals surface area contributed by atoms with Crippen molar-refractivity contribution in [3.63, 3.8) is 0 Å².